The van der Waals surface area contributed by atoms with Crippen molar-refractivity contribution in [3.8, 4) is 0 Å². The molecule has 0 aliphatic carbocycles. The average Bonchev–Trinajstić information content (AvgIpc) is 2.62. The van der Waals surface area contributed by atoms with Crippen molar-refractivity contribution in [2.24, 2.45) is 0 Å². The Morgan fingerprint density at radius 3 is 1.65 bits per heavy atom. The van der Waals surface area contributed by atoms with Crippen LogP contribution in [-0.4, -0.2) is 10.7 Å². The molecule has 1 N–H and O–H groups in total. The van der Waals surface area contributed by atoms with Gasteiger partial charge in [-0.05, 0) is 36.6 Å². The first kappa shape index (κ1) is 18.2. The number of rotatable bonds is 7. The number of aliphatic hydroxyl groups is 1. The van der Waals surface area contributed by atoms with Gasteiger partial charge in [0.1, 0.15) is 0 Å². The van der Waals surface area contributed by atoms with Crippen molar-refractivity contribution >= 4 is 5.69 Å². The highest BCUT2D eigenvalue weighted by atomic mass is 16.3. The predicted molar refractivity (Wildman–Crippen MR) is 109 cm³/mol. The van der Waals surface area contributed by atoms with Crippen LogP contribution in [0.1, 0.15) is 30.5 Å². The highest BCUT2D eigenvalue weighted by Crippen LogP contribution is 2.27. The van der Waals surface area contributed by atoms with Gasteiger partial charge in [-0.15, -0.1) is 0 Å². The monoisotopic (exact) mass is 345 g/mol. The lowest BCUT2D eigenvalue weighted by molar-refractivity contribution is 0.0811. The molecule has 0 aliphatic rings. The van der Waals surface area contributed by atoms with E-state index in [1.54, 1.807) is 0 Å². The van der Waals surface area contributed by atoms with Gasteiger partial charge in [0.25, 0.3) is 0 Å². The fraction of sp³-hybridized carbons (Fsp3) is 0.250. The fourth-order valence-corrected chi connectivity index (χ4v) is 3.27. The molecule has 2 heteroatoms. The minimum atomic E-state index is -0.735. The van der Waals surface area contributed by atoms with E-state index in [1.165, 1.54) is 22.4 Å². The lowest BCUT2D eigenvalue weighted by atomic mass is 9.96. The molecular formula is C24H27NO. The van der Waals surface area contributed by atoms with Crippen molar-refractivity contribution in [1.82, 2.24) is 0 Å². The quantitative estimate of drug-likeness (QED) is 0.635. The molecule has 0 spiro atoms. The third-order valence-electron chi connectivity index (χ3n) is 4.39. The van der Waals surface area contributed by atoms with Crippen LogP contribution in [0.3, 0.4) is 0 Å². The van der Waals surface area contributed by atoms with Gasteiger partial charge in [0.05, 0.1) is 5.60 Å². The maximum atomic E-state index is 10.3. The molecule has 0 atom stereocenters. The van der Waals surface area contributed by atoms with E-state index < -0.39 is 5.60 Å². The molecule has 0 heterocycles. The summed E-state index contributed by atoms with van der Waals surface area (Å²) >= 11 is 0. The predicted octanol–water partition coefficient (Wildman–Crippen LogP) is 5.21. The van der Waals surface area contributed by atoms with Crippen LogP contribution in [-0.2, 0) is 19.5 Å². The van der Waals surface area contributed by atoms with Gasteiger partial charge in [-0.25, -0.2) is 0 Å². The standard InChI is InChI=1S/C24H27NO/c1-24(2,26)17-22-15-9-10-16-23(22)25(18-20-11-5-3-6-12-20)19-21-13-7-4-8-14-21/h3-16,26H,17-19H2,1-2H3. The van der Waals surface area contributed by atoms with Crippen LogP contribution < -0.4 is 4.90 Å². The Kier molecular flexibility index (Phi) is 5.75. The van der Waals surface area contributed by atoms with E-state index in [4.69, 9.17) is 0 Å². The summed E-state index contributed by atoms with van der Waals surface area (Å²) < 4.78 is 0. The van der Waals surface area contributed by atoms with Gasteiger partial charge in [0, 0.05) is 25.2 Å². The van der Waals surface area contributed by atoms with Crippen LogP contribution >= 0.6 is 0 Å². The summed E-state index contributed by atoms with van der Waals surface area (Å²) in [6.45, 7) is 5.39. The highest BCUT2D eigenvalue weighted by Gasteiger charge is 2.19. The third-order valence-corrected chi connectivity index (χ3v) is 4.39. The van der Waals surface area contributed by atoms with Crippen LogP contribution in [0.2, 0.25) is 0 Å². The third kappa shape index (κ3) is 5.21. The molecule has 0 aliphatic heterocycles. The van der Waals surface area contributed by atoms with Gasteiger partial charge < -0.3 is 10.0 Å². The molecule has 0 radical (unpaired) electrons. The van der Waals surface area contributed by atoms with Gasteiger partial charge in [-0.2, -0.15) is 0 Å². The molecule has 134 valence electrons. The number of benzene rings is 3. The van der Waals surface area contributed by atoms with Crippen LogP contribution in [0.5, 0.6) is 0 Å². The van der Waals surface area contributed by atoms with E-state index in [-0.39, 0.29) is 0 Å². The summed E-state index contributed by atoms with van der Waals surface area (Å²) in [6.07, 6.45) is 0.628. The number of hydrogen-bond donors (Lipinski definition) is 1. The summed E-state index contributed by atoms with van der Waals surface area (Å²) in [5, 5.41) is 10.3. The van der Waals surface area contributed by atoms with E-state index in [1.807, 2.05) is 32.0 Å². The first-order chi connectivity index (χ1) is 12.5. The van der Waals surface area contributed by atoms with E-state index >= 15 is 0 Å². The second-order valence-corrected chi connectivity index (χ2v) is 7.45. The van der Waals surface area contributed by atoms with Crippen LogP contribution in [0, 0.1) is 0 Å². The Morgan fingerprint density at radius 1 is 0.692 bits per heavy atom. The molecular weight excluding hydrogens is 318 g/mol. The molecule has 3 rings (SSSR count). The first-order valence-corrected chi connectivity index (χ1v) is 9.14. The zero-order valence-corrected chi connectivity index (χ0v) is 15.6. The summed E-state index contributed by atoms with van der Waals surface area (Å²) in [6, 6.07) is 29.5. The second kappa shape index (κ2) is 8.20. The Hall–Kier alpha value is -2.58. The van der Waals surface area contributed by atoms with Crippen LogP contribution in [0.4, 0.5) is 5.69 Å². The molecule has 0 unspecified atom stereocenters. The van der Waals surface area contributed by atoms with Gasteiger partial charge >= 0.3 is 0 Å². The highest BCUT2D eigenvalue weighted by molar-refractivity contribution is 5.55. The number of para-hydroxylation sites is 1. The smallest absolute Gasteiger partial charge is 0.0632 e. The minimum absolute atomic E-state index is 0.628. The van der Waals surface area contributed by atoms with Crippen molar-refractivity contribution in [2.75, 3.05) is 4.90 Å². The molecule has 0 saturated carbocycles. The average molecular weight is 345 g/mol. The van der Waals surface area contributed by atoms with Gasteiger partial charge in [-0.3, -0.25) is 0 Å². The Bertz CT molecular complexity index is 765. The maximum Gasteiger partial charge on any atom is 0.0632 e. The van der Waals surface area contributed by atoms with E-state index in [0.717, 1.165) is 13.1 Å². The van der Waals surface area contributed by atoms with Crippen molar-refractivity contribution in [1.29, 1.82) is 0 Å². The van der Waals surface area contributed by atoms with E-state index in [2.05, 4.69) is 71.6 Å². The number of nitrogens with zero attached hydrogens (tertiary/aromatic N) is 1. The molecule has 0 bridgehead atoms. The minimum Gasteiger partial charge on any atom is -0.390 e. The Morgan fingerprint density at radius 2 is 1.15 bits per heavy atom. The molecule has 3 aromatic carbocycles. The van der Waals surface area contributed by atoms with Gasteiger partial charge in [0.2, 0.25) is 0 Å². The van der Waals surface area contributed by atoms with Crippen molar-refractivity contribution in [3.63, 3.8) is 0 Å². The maximum absolute atomic E-state index is 10.3. The Labute approximate surface area is 156 Å². The van der Waals surface area contributed by atoms with Crippen molar-refractivity contribution in [2.45, 2.75) is 39.0 Å². The van der Waals surface area contributed by atoms with Crippen molar-refractivity contribution in [3.05, 3.63) is 102 Å². The second-order valence-electron chi connectivity index (χ2n) is 7.45. The largest absolute Gasteiger partial charge is 0.390 e. The SMILES string of the molecule is CC(C)(O)Cc1ccccc1N(Cc1ccccc1)Cc1ccccc1. The molecule has 0 fully saturated rings. The summed E-state index contributed by atoms with van der Waals surface area (Å²) in [5.41, 5.74) is 4.18. The fourth-order valence-electron chi connectivity index (χ4n) is 3.27. The zero-order chi connectivity index (χ0) is 18.4. The molecule has 0 aromatic heterocycles. The summed E-state index contributed by atoms with van der Waals surface area (Å²) in [7, 11) is 0. The molecule has 3 aromatic rings. The zero-order valence-electron chi connectivity index (χ0n) is 15.6. The molecule has 0 amide bonds. The Balaban J connectivity index is 1.95. The topological polar surface area (TPSA) is 23.5 Å². The van der Waals surface area contributed by atoms with Crippen LogP contribution in [0.15, 0.2) is 84.9 Å². The van der Waals surface area contributed by atoms with E-state index in [9.17, 15) is 5.11 Å². The normalized spacial score (nSPS) is 11.3. The molecule has 2 nitrogen and oxygen atoms in total. The molecule has 0 saturated heterocycles. The van der Waals surface area contributed by atoms with Crippen LogP contribution in [0.25, 0.3) is 0 Å². The molecule has 26 heavy (non-hydrogen) atoms. The first-order valence-electron chi connectivity index (χ1n) is 9.14. The van der Waals surface area contributed by atoms with Gasteiger partial charge in [0.15, 0.2) is 0 Å². The number of hydrogen-bond acceptors (Lipinski definition) is 2. The summed E-state index contributed by atoms with van der Waals surface area (Å²) in [4.78, 5) is 2.39. The van der Waals surface area contributed by atoms with E-state index in [0.29, 0.717) is 6.42 Å². The van der Waals surface area contributed by atoms with Gasteiger partial charge in [-0.1, -0.05) is 78.9 Å². The summed E-state index contributed by atoms with van der Waals surface area (Å²) in [5.74, 6) is 0. The lowest BCUT2D eigenvalue weighted by Gasteiger charge is -2.29. The van der Waals surface area contributed by atoms with Crippen molar-refractivity contribution < 1.29 is 5.11 Å². The number of anilines is 1. The lowest BCUT2D eigenvalue weighted by Crippen LogP contribution is -2.27.